The van der Waals surface area contributed by atoms with Crippen LogP contribution in [0.25, 0.3) is 0 Å². The summed E-state index contributed by atoms with van der Waals surface area (Å²) < 4.78 is 9.82. The van der Waals surface area contributed by atoms with Crippen LogP contribution in [0.5, 0.6) is 0 Å². The molecule has 1 heterocycles. The Hall–Kier alpha value is -0.280. The van der Waals surface area contributed by atoms with Crippen LogP contribution in [0.2, 0.25) is 0 Å². The van der Waals surface area contributed by atoms with Crippen LogP contribution in [0.15, 0.2) is 0 Å². The summed E-state index contributed by atoms with van der Waals surface area (Å²) in [6, 6.07) is 0. The maximum atomic E-state index is 9.57. The highest BCUT2D eigenvalue weighted by Gasteiger charge is 2.53. The molecule has 1 aliphatic heterocycles. The third kappa shape index (κ3) is 2.00. The second-order valence-electron chi connectivity index (χ2n) is 3.44. The number of ether oxygens (including phenoxy) is 2. The van der Waals surface area contributed by atoms with Crippen molar-refractivity contribution < 1.29 is 35.0 Å². The van der Waals surface area contributed by atoms with E-state index in [1.807, 2.05) is 0 Å². The van der Waals surface area contributed by atoms with Crippen molar-refractivity contribution in [1.29, 1.82) is 0 Å². The Morgan fingerprint density at radius 1 is 1.20 bits per heavy atom. The summed E-state index contributed by atoms with van der Waals surface area (Å²) in [6.07, 6.45) is -5.69. The van der Waals surface area contributed by atoms with Crippen LogP contribution < -0.4 is 0 Å². The van der Waals surface area contributed by atoms with Gasteiger partial charge in [-0.1, -0.05) is 0 Å². The highest BCUT2D eigenvalue weighted by atomic mass is 16.7. The predicted octanol–water partition coefficient (Wildman–Crippen LogP) is -3.20. The van der Waals surface area contributed by atoms with Crippen molar-refractivity contribution in [1.82, 2.24) is 0 Å². The first-order valence-corrected chi connectivity index (χ1v) is 4.51. The lowest BCUT2D eigenvalue weighted by atomic mass is 9.93. The van der Waals surface area contributed by atoms with E-state index in [0.29, 0.717) is 0 Å². The first-order valence-electron chi connectivity index (χ1n) is 4.51. The summed E-state index contributed by atoms with van der Waals surface area (Å²) in [5.74, 6) is -1.81. The second-order valence-corrected chi connectivity index (χ2v) is 3.44. The predicted molar refractivity (Wildman–Crippen MR) is 46.8 cm³/mol. The quantitative estimate of drug-likeness (QED) is 0.342. The summed E-state index contributed by atoms with van der Waals surface area (Å²) >= 11 is 0. The number of hydrogen-bond donors (Lipinski definition) is 5. The Kier molecular flexibility index (Phi) is 4.01. The first kappa shape index (κ1) is 12.8. The van der Waals surface area contributed by atoms with Crippen molar-refractivity contribution in [2.75, 3.05) is 20.3 Å². The van der Waals surface area contributed by atoms with Crippen LogP contribution in [0, 0.1) is 0 Å². The van der Waals surface area contributed by atoms with Gasteiger partial charge in [-0.2, -0.15) is 0 Å². The second kappa shape index (κ2) is 4.71. The van der Waals surface area contributed by atoms with E-state index in [2.05, 4.69) is 0 Å². The van der Waals surface area contributed by atoms with Crippen molar-refractivity contribution in [3.8, 4) is 0 Å². The summed E-state index contributed by atoms with van der Waals surface area (Å²) in [6.45, 7) is -1.26. The fraction of sp³-hybridized carbons (Fsp3) is 1.00. The van der Waals surface area contributed by atoms with Gasteiger partial charge in [0.2, 0.25) is 5.79 Å². The molecular formula is C8H16O7. The van der Waals surface area contributed by atoms with E-state index in [4.69, 9.17) is 19.7 Å². The number of rotatable bonds is 3. The highest BCUT2D eigenvalue weighted by Crippen LogP contribution is 2.30. The van der Waals surface area contributed by atoms with Crippen LogP contribution in [-0.2, 0) is 9.47 Å². The Bertz CT molecular complexity index is 203. The van der Waals surface area contributed by atoms with Gasteiger partial charge in [0, 0.05) is 7.11 Å². The molecule has 0 aliphatic carbocycles. The lowest BCUT2D eigenvalue weighted by molar-refractivity contribution is -0.365. The fourth-order valence-electron chi connectivity index (χ4n) is 1.57. The number of methoxy groups -OCH3 is 1. The van der Waals surface area contributed by atoms with Gasteiger partial charge in [0.05, 0.1) is 6.61 Å². The maximum absolute atomic E-state index is 9.57. The largest absolute Gasteiger partial charge is 0.394 e. The molecule has 0 bridgehead atoms. The summed E-state index contributed by atoms with van der Waals surface area (Å²) in [5, 5.41) is 46.4. The molecule has 0 saturated carbocycles. The minimum Gasteiger partial charge on any atom is -0.394 e. The number of aliphatic hydroxyl groups is 5. The van der Waals surface area contributed by atoms with E-state index in [-0.39, 0.29) is 0 Å². The molecule has 1 aliphatic rings. The zero-order chi connectivity index (χ0) is 11.6. The molecule has 90 valence electrons. The highest BCUT2D eigenvalue weighted by molar-refractivity contribution is 4.96. The van der Waals surface area contributed by atoms with Gasteiger partial charge in [0.1, 0.15) is 31.0 Å². The fourth-order valence-corrected chi connectivity index (χ4v) is 1.57. The van der Waals surface area contributed by atoms with Gasteiger partial charge >= 0.3 is 0 Å². The molecule has 1 rings (SSSR count). The average Bonchev–Trinajstić information content (AvgIpc) is 2.27. The van der Waals surface area contributed by atoms with Crippen molar-refractivity contribution >= 4 is 0 Å². The summed E-state index contributed by atoms with van der Waals surface area (Å²) in [4.78, 5) is 0. The normalized spacial score (nSPS) is 46.8. The lowest BCUT2D eigenvalue weighted by Crippen LogP contribution is -2.67. The molecule has 5 atom stereocenters. The Labute approximate surface area is 86.5 Å². The molecule has 0 aromatic rings. The van der Waals surface area contributed by atoms with Crippen molar-refractivity contribution in [3.63, 3.8) is 0 Å². The van der Waals surface area contributed by atoms with E-state index in [1.54, 1.807) is 0 Å². The van der Waals surface area contributed by atoms with Crippen LogP contribution in [0.4, 0.5) is 0 Å². The molecule has 1 fully saturated rings. The van der Waals surface area contributed by atoms with Crippen molar-refractivity contribution in [3.05, 3.63) is 0 Å². The van der Waals surface area contributed by atoms with Gasteiger partial charge in [-0.15, -0.1) is 0 Å². The number of hydrogen-bond acceptors (Lipinski definition) is 7. The van der Waals surface area contributed by atoms with E-state index in [9.17, 15) is 15.3 Å². The van der Waals surface area contributed by atoms with Crippen LogP contribution in [0.1, 0.15) is 0 Å². The Morgan fingerprint density at radius 2 is 1.80 bits per heavy atom. The minimum absolute atomic E-state index is 0.559. The van der Waals surface area contributed by atoms with Crippen LogP contribution in [0.3, 0.4) is 0 Å². The van der Waals surface area contributed by atoms with Gasteiger partial charge in [0.15, 0.2) is 0 Å². The van der Waals surface area contributed by atoms with Gasteiger partial charge in [-0.05, 0) is 0 Å². The molecule has 0 amide bonds. The molecule has 0 unspecified atom stereocenters. The third-order valence-electron chi connectivity index (χ3n) is 2.60. The third-order valence-corrected chi connectivity index (χ3v) is 2.60. The molecule has 7 nitrogen and oxygen atoms in total. The maximum Gasteiger partial charge on any atom is 0.221 e. The Morgan fingerprint density at radius 3 is 2.20 bits per heavy atom. The smallest absolute Gasteiger partial charge is 0.221 e. The van der Waals surface area contributed by atoms with Gasteiger partial charge in [-0.25, -0.2) is 0 Å². The van der Waals surface area contributed by atoms with Crippen LogP contribution in [-0.4, -0.2) is 76.1 Å². The lowest BCUT2D eigenvalue weighted by Gasteiger charge is -2.46. The SMILES string of the molecule is CO[C@@]1(CO)O[C@@H](CO)[C@@H](O)[C@@H](O)[C@@H]1O. The minimum atomic E-state index is -1.81. The van der Waals surface area contributed by atoms with Gasteiger partial charge in [0.25, 0.3) is 0 Å². The topological polar surface area (TPSA) is 120 Å². The molecule has 0 aromatic heterocycles. The Balaban J connectivity index is 2.91. The van der Waals surface area contributed by atoms with Crippen molar-refractivity contribution in [2.24, 2.45) is 0 Å². The molecule has 7 heteroatoms. The zero-order valence-corrected chi connectivity index (χ0v) is 8.28. The average molecular weight is 224 g/mol. The van der Waals surface area contributed by atoms with E-state index < -0.39 is 43.4 Å². The molecule has 1 saturated heterocycles. The van der Waals surface area contributed by atoms with Gasteiger partial charge < -0.3 is 35.0 Å². The van der Waals surface area contributed by atoms with Crippen molar-refractivity contribution in [2.45, 2.75) is 30.2 Å². The van der Waals surface area contributed by atoms with E-state index in [0.717, 1.165) is 0 Å². The first-order chi connectivity index (χ1) is 7.02. The molecule has 5 N–H and O–H groups in total. The van der Waals surface area contributed by atoms with Gasteiger partial charge in [-0.3, -0.25) is 0 Å². The molecule has 0 spiro atoms. The number of aliphatic hydroxyl groups excluding tert-OH is 5. The van der Waals surface area contributed by atoms with E-state index in [1.165, 1.54) is 7.11 Å². The molecule has 0 radical (unpaired) electrons. The standard InChI is InChI=1S/C8H16O7/c1-14-8(3-10)7(13)6(12)5(11)4(2-9)15-8/h4-7,9-13H,2-3H2,1H3/t4-,5+,6+,7-,8-/m0/s1. The molecule has 0 aromatic carbocycles. The summed E-state index contributed by atoms with van der Waals surface area (Å²) in [5.41, 5.74) is 0. The summed E-state index contributed by atoms with van der Waals surface area (Å²) in [7, 11) is 1.18. The zero-order valence-electron chi connectivity index (χ0n) is 8.28. The molecular weight excluding hydrogens is 208 g/mol. The van der Waals surface area contributed by atoms with E-state index >= 15 is 0 Å². The monoisotopic (exact) mass is 224 g/mol. The molecule has 15 heavy (non-hydrogen) atoms. The van der Waals surface area contributed by atoms with Crippen LogP contribution >= 0.6 is 0 Å².